The summed E-state index contributed by atoms with van der Waals surface area (Å²) in [6, 6.07) is 15.0. The van der Waals surface area contributed by atoms with Crippen LogP contribution in [-0.2, 0) is 19.5 Å². The van der Waals surface area contributed by atoms with Crippen molar-refractivity contribution in [3.63, 3.8) is 0 Å². The van der Waals surface area contributed by atoms with Crippen LogP contribution in [0, 0.1) is 0 Å². The molecule has 1 amide bonds. The molecular weight excluding hydrogens is 336 g/mol. The number of rotatable bonds is 3. The van der Waals surface area contributed by atoms with E-state index in [1.807, 2.05) is 24.3 Å². The van der Waals surface area contributed by atoms with Gasteiger partial charge in [0, 0.05) is 18.1 Å². The number of nitrogens with one attached hydrogen (secondary N) is 1. The van der Waals surface area contributed by atoms with Gasteiger partial charge in [0.1, 0.15) is 5.56 Å². The van der Waals surface area contributed by atoms with Crippen LogP contribution in [0.1, 0.15) is 27.9 Å². The molecule has 1 aliphatic rings. The molecule has 0 aliphatic carbocycles. The first-order valence-electron chi connectivity index (χ1n) is 8.31. The molecular formula is C20H17ClN2O2. The van der Waals surface area contributed by atoms with Gasteiger partial charge >= 0.3 is 0 Å². The summed E-state index contributed by atoms with van der Waals surface area (Å²) in [6.07, 6.45) is 1.89. The third-order valence-electron chi connectivity index (χ3n) is 4.63. The fourth-order valence-electron chi connectivity index (χ4n) is 3.41. The first kappa shape index (κ1) is 15.9. The number of hydrogen-bond donors (Lipinski definition) is 1. The zero-order chi connectivity index (χ0) is 17.4. The average Bonchev–Trinajstić information content (AvgIpc) is 2.64. The lowest BCUT2D eigenvalue weighted by molar-refractivity contribution is 0.0949. The van der Waals surface area contributed by atoms with Gasteiger partial charge in [0.05, 0.1) is 5.52 Å². The second-order valence-corrected chi connectivity index (χ2v) is 6.72. The molecule has 0 unspecified atom stereocenters. The van der Waals surface area contributed by atoms with Crippen molar-refractivity contribution in [3.8, 4) is 0 Å². The van der Waals surface area contributed by atoms with Crippen molar-refractivity contribution < 1.29 is 4.79 Å². The van der Waals surface area contributed by atoms with Crippen LogP contribution in [0.25, 0.3) is 10.9 Å². The van der Waals surface area contributed by atoms with Crippen molar-refractivity contribution in [3.05, 3.63) is 80.6 Å². The number of carbonyl (C=O) groups excluding carboxylic acids is 1. The molecule has 1 N–H and O–H groups in total. The van der Waals surface area contributed by atoms with Gasteiger partial charge < -0.3 is 9.88 Å². The minimum absolute atomic E-state index is 0.195. The molecule has 2 heterocycles. The number of hydrogen-bond acceptors (Lipinski definition) is 2. The van der Waals surface area contributed by atoms with Gasteiger partial charge in [-0.2, -0.15) is 0 Å². The third kappa shape index (κ3) is 2.94. The minimum Gasteiger partial charge on any atom is -0.348 e. The van der Waals surface area contributed by atoms with Crippen LogP contribution in [0.15, 0.2) is 53.3 Å². The van der Waals surface area contributed by atoms with Crippen LogP contribution in [0.3, 0.4) is 0 Å². The maximum atomic E-state index is 12.8. The lowest BCUT2D eigenvalue weighted by Crippen LogP contribution is -2.34. The van der Waals surface area contributed by atoms with Gasteiger partial charge in [-0.05, 0) is 47.6 Å². The Labute approximate surface area is 150 Å². The standard InChI is InChI=1S/C20H17ClN2O2/c21-16-8-6-13(7-9-16)12-22-19(24)17-11-15-4-1-3-14-5-2-10-23(18(14)15)20(17)25/h1,3-4,6-9,11H,2,5,10,12H2,(H,22,24). The van der Waals surface area contributed by atoms with Crippen molar-refractivity contribution in [2.45, 2.75) is 25.9 Å². The summed E-state index contributed by atoms with van der Waals surface area (Å²) in [5.41, 5.74) is 3.05. The van der Waals surface area contributed by atoms with Crippen molar-refractivity contribution in [1.29, 1.82) is 0 Å². The van der Waals surface area contributed by atoms with E-state index in [2.05, 4.69) is 11.4 Å². The molecule has 2 aromatic carbocycles. The number of aryl methyl sites for hydroxylation is 2. The van der Waals surface area contributed by atoms with Gasteiger partial charge in [0.25, 0.3) is 11.5 Å². The molecule has 25 heavy (non-hydrogen) atoms. The number of para-hydroxylation sites is 1. The zero-order valence-corrected chi connectivity index (χ0v) is 14.3. The van der Waals surface area contributed by atoms with Crippen LogP contribution in [0.2, 0.25) is 5.02 Å². The Balaban J connectivity index is 1.67. The lowest BCUT2D eigenvalue weighted by atomic mass is 10.00. The number of halogens is 1. The van der Waals surface area contributed by atoms with Crippen LogP contribution < -0.4 is 10.9 Å². The van der Waals surface area contributed by atoms with Gasteiger partial charge in [-0.3, -0.25) is 9.59 Å². The van der Waals surface area contributed by atoms with E-state index in [0.717, 1.165) is 29.3 Å². The molecule has 126 valence electrons. The molecule has 4 nitrogen and oxygen atoms in total. The fraction of sp³-hybridized carbons (Fsp3) is 0.200. The van der Waals surface area contributed by atoms with E-state index in [9.17, 15) is 9.59 Å². The van der Waals surface area contributed by atoms with E-state index >= 15 is 0 Å². The van der Waals surface area contributed by atoms with E-state index in [0.29, 0.717) is 18.1 Å². The fourth-order valence-corrected chi connectivity index (χ4v) is 3.53. The van der Waals surface area contributed by atoms with Gasteiger partial charge in [-0.1, -0.05) is 41.9 Å². The number of nitrogens with zero attached hydrogens (tertiary/aromatic N) is 1. The molecule has 1 aliphatic heterocycles. The van der Waals surface area contributed by atoms with Crippen molar-refractivity contribution in [2.75, 3.05) is 0 Å². The number of carbonyl (C=O) groups is 1. The topological polar surface area (TPSA) is 51.1 Å². The van der Waals surface area contributed by atoms with E-state index < -0.39 is 0 Å². The number of amides is 1. The Hall–Kier alpha value is -2.59. The predicted octanol–water partition coefficient (Wildman–Crippen LogP) is 3.53. The lowest BCUT2D eigenvalue weighted by Gasteiger charge is -2.20. The minimum atomic E-state index is -0.346. The smallest absolute Gasteiger partial charge is 0.263 e. The summed E-state index contributed by atoms with van der Waals surface area (Å²) >= 11 is 5.87. The van der Waals surface area contributed by atoms with Gasteiger partial charge in [-0.25, -0.2) is 0 Å². The quantitative estimate of drug-likeness (QED) is 0.784. The summed E-state index contributed by atoms with van der Waals surface area (Å²) in [4.78, 5) is 25.4. The van der Waals surface area contributed by atoms with E-state index in [-0.39, 0.29) is 17.0 Å². The van der Waals surface area contributed by atoms with Crippen molar-refractivity contribution in [2.24, 2.45) is 0 Å². The molecule has 3 aromatic rings. The molecule has 0 atom stereocenters. The molecule has 0 spiro atoms. The SMILES string of the molecule is O=C(NCc1ccc(Cl)cc1)c1cc2cccc3c2n(c1=O)CCC3. The van der Waals surface area contributed by atoms with Crippen molar-refractivity contribution >= 4 is 28.4 Å². The van der Waals surface area contributed by atoms with E-state index in [4.69, 9.17) is 11.6 Å². The highest BCUT2D eigenvalue weighted by Crippen LogP contribution is 2.24. The summed E-state index contributed by atoms with van der Waals surface area (Å²) in [6.45, 7) is 1.01. The van der Waals surface area contributed by atoms with Gasteiger partial charge in [0.15, 0.2) is 0 Å². The summed E-state index contributed by atoms with van der Waals surface area (Å²) in [5, 5.41) is 4.42. The Morgan fingerprint density at radius 1 is 1.16 bits per heavy atom. The Morgan fingerprint density at radius 3 is 2.76 bits per heavy atom. The largest absolute Gasteiger partial charge is 0.348 e. The van der Waals surface area contributed by atoms with Gasteiger partial charge in [-0.15, -0.1) is 0 Å². The molecule has 5 heteroatoms. The predicted molar refractivity (Wildman–Crippen MR) is 99.2 cm³/mol. The zero-order valence-electron chi connectivity index (χ0n) is 13.6. The summed E-state index contributed by atoms with van der Waals surface area (Å²) in [7, 11) is 0. The van der Waals surface area contributed by atoms with Crippen molar-refractivity contribution in [1.82, 2.24) is 9.88 Å². The van der Waals surface area contributed by atoms with Crippen LogP contribution >= 0.6 is 11.6 Å². The van der Waals surface area contributed by atoms with Gasteiger partial charge in [0.2, 0.25) is 0 Å². The van der Waals surface area contributed by atoms with Crippen LogP contribution in [0.4, 0.5) is 0 Å². The molecule has 0 saturated heterocycles. The number of pyridine rings is 1. The van der Waals surface area contributed by atoms with E-state index in [1.54, 1.807) is 22.8 Å². The second kappa shape index (κ2) is 6.37. The third-order valence-corrected chi connectivity index (χ3v) is 4.89. The molecule has 0 fully saturated rings. The first-order valence-corrected chi connectivity index (χ1v) is 8.69. The number of aromatic nitrogens is 1. The molecule has 0 saturated carbocycles. The maximum Gasteiger partial charge on any atom is 0.263 e. The molecule has 1 aromatic heterocycles. The highest BCUT2D eigenvalue weighted by atomic mass is 35.5. The second-order valence-electron chi connectivity index (χ2n) is 6.28. The Kier molecular flexibility index (Phi) is 4.06. The molecule has 0 radical (unpaired) electrons. The maximum absolute atomic E-state index is 12.8. The number of benzene rings is 2. The Morgan fingerprint density at radius 2 is 1.96 bits per heavy atom. The summed E-state index contributed by atoms with van der Waals surface area (Å²) in [5.74, 6) is -0.346. The monoisotopic (exact) mass is 352 g/mol. The highest BCUT2D eigenvalue weighted by Gasteiger charge is 2.19. The highest BCUT2D eigenvalue weighted by molar-refractivity contribution is 6.30. The normalized spacial score (nSPS) is 13.0. The average molecular weight is 353 g/mol. The molecule has 4 rings (SSSR count). The summed E-state index contributed by atoms with van der Waals surface area (Å²) < 4.78 is 1.74. The van der Waals surface area contributed by atoms with Crippen LogP contribution in [-0.4, -0.2) is 10.5 Å². The molecule has 0 bridgehead atoms. The van der Waals surface area contributed by atoms with E-state index in [1.165, 1.54) is 5.56 Å². The van der Waals surface area contributed by atoms with Crippen LogP contribution in [0.5, 0.6) is 0 Å². The Bertz CT molecular complexity index is 1020. The first-order chi connectivity index (χ1) is 12.1.